The second-order valence-corrected chi connectivity index (χ2v) is 4.25. The van der Waals surface area contributed by atoms with Crippen LogP contribution in [0.4, 0.5) is 0 Å². The fourth-order valence-corrected chi connectivity index (χ4v) is 0.830. The van der Waals surface area contributed by atoms with Gasteiger partial charge in [0.25, 0.3) is 0 Å². The van der Waals surface area contributed by atoms with E-state index in [1.165, 1.54) is 0 Å². The minimum Gasteiger partial charge on any atom is -0.480 e. The molecule has 0 saturated carbocycles. The highest BCUT2D eigenvalue weighted by molar-refractivity contribution is 5.99. The number of rotatable bonds is 4. The highest BCUT2D eigenvalue weighted by atomic mass is 16.6. The van der Waals surface area contributed by atoms with Gasteiger partial charge in [0.15, 0.2) is 5.41 Å². The summed E-state index contributed by atoms with van der Waals surface area (Å²) in [5.41, 5.74) is 2.32. The molecule has 0 fully saturated rings. The van der Waals surface area contributed by atoms with Gasteiger partial charge in [-0.05, 0) is 20.8 Å². The number of carboxylic acid groups (broad SMARTS) is 1. The van der Waals surface area contributed by atoms with Gasteiger partial charge in [-0.1, -0.05) is 0 Å². The van der Waals surface area contributed by atoms with E-state index >= 15 is 0 Å². The van der Waals surface area contributed by atoms with Crippen molar-refractivity contribution in [1.82, 2.24) is 0 Å². The molecule has 0 aliphatic rings. The number of aliphatic hydroxyl groups is 1. The van der Waals surface area contributed by atoms with Crippen molar-refractivity contribution in [3.63, 3.8) is 0 Å². The molecular weight excluding hydrogens is 202 g/mol. The largest absolute Gasteiger partial charge is 0.480 e. The van der Waals surface area contributed by atoms with Crippen molar-refractivity contribution in [2.45, 2.75) is 26.4 Å². The Hall–Kier alpha value is -1.14. The maximum atomic E-state index is 11.5. The summed E-state index contributed by atoms with van der Waals surface area (Å²) >= 11 is 0. The Balaban J connectivity index is 4.95. The first-order valence-electron chi connectivity index (χ1n) is 4.47. The molecule has 0 aliphatic carbocycles. The Kier molecular flexibility index (Phi) is 4.24. The molecule has 0 aromatic carbocycles. The molecule has 4 N–H and O–H groups in total. The van der Waals surface area contributed by atoms with Gasteiger partial charge in [-0.3, -0.25) is 9.59 Å². The summed E-state index contributed by atoms with van der Waals surface area (Å²) in [6.07, 6.45) is 0. The van der Waals surface area contributed by atoms with Crippen LogP contribution in [0.25, 0.3) is 0 Å². The predicted octanol–water partition coefficient (Wildman–Crippen LogP) is -0.650. The molecule has 0 amide bonds. The van der Waals surface area contributed by atoms with E-state index in [4.69, 9.17) is 20.7 Å². The van der Waals surface area contributed by atoms with E-state index in [9.17, 15) is 9.59 Å². The number of nitrogens with two attached hydrogens (primary N) is 1. The fraction of sp³-hybridized carbons (Fsp3) is 0.778. The minimum absolute atomic E-state index is 0.506. The van der Waals surface area contributed by atoms with E-state index in [0.717, 1.165) is 0 Å². The SMILES string of the molecule is CC(C)(C)OC(=O)[C@@](CN)(CO)C(=O)O. The average Bonchev–Trinajstić information content (AvgIpc) is 2.03. The molecule has 0 bridgehead atoms. The Bertz CT molecular complexity index is 252. The van der Waals surface area contributed by atoms with Crippen LogP contribution in [0.15, 0.2) is 0 Å². The lowest BCUT2D eigenvalue weighted by molar-refractivity contribution is -0.178. The van der Waals surface area contributed by atoms with Gasteiger partial charge in [-0.2, -0.15) is 0 Å². The van der Waals surface area contributed by atoms with E-state index in [1.54, 1.807) is 20.8 Å². The topological polar surface area (TPSA) is 110 Å². The number of aliphatic carboxylic acids is 1. The molecule has 0 unspecified atom stereocenters. The molecule has 0 radical (unpaired) electrons. The zero-order valence-corrected chi connectivity index (χ0v) is 9.11. The Morgan fingerprint density at radius 3 is 2.00 bits per heavy atom. The maximum Gasteiger partial charge on any atom is 0.327 e. The van der Waals surface area contributed by atoms with Crippen molar-refractivity contribution >= 4 is 11.9 Å². The van der Waals surface area contributed by atoms with Gasteiger partial charge in [0.05, 0.1) is 6.61 Å². The third-order valence-corrected chi connectivity index (χ3v) is 1.82. The molecule has 0 spiro atoms. The summed E-state index contributed by atoms with van der Waals surface area (Å²) in [6, 6.07) is 0. The molecule has 0 aliphatic heterocycles. The summed E-state index contributed by atoms with van der Waals surface area (Å²) in [4.78, 5) is 22.4. The van der Waals surface area contributed by atoms with E-state index in [1.807, 2.05) is 0 Å². The molecule has 6 nitrogen and oxygen atoms in total. The van der Waals surface area contributed by atoms with Crippen molar-refractivity contribution in [1.29, 1.82) is 0 Å². The molecule has 6 heteroatoms. The van der Waals surface area contributed by atoms with Crippen LogP contribution in [0, 0.1) is 5.41 Å². The van der Waals surface area contributed by atoms with Crippen molar-refractivity contribution in [3.05, 3.63) is 0 Å². The van der Waals surface area contributed by atoms with Crippen LogP contribution < -0.4 is 5.73 Å². The molecule has 0 aromatic rings. The molecule has 0 rings (SSSR count). The summed E-state index contributed by atoms with van der Waals surface area (Å²) < 4.78 is 4.89. The molecule has 1 atom stereocenters. The number of aliphatic hydroxyl groups excluding tert-OH is 1. The third kappa shape index (κ3) is 3.17. The molecule has 0 heterocycles. The van der Waals surface area contributed by atoms with Gasteiger partial charge < -0.3 is 20.7 Å². The molecule has 88 valence electrons. The molecule has 15 heavy (non-hydrogen) atoms. The number of carboxylic acids is 1. The number of hydrogen-bond acceptors (Lipinski definition) is 5. The lowest BCUT2D eigenvalue weighted by Gasteiger charge is -2.28. The standard InChI is InChI=1S/C9H17NO5/c1-8(2,3)15-7(14)9(4-10,5-11)6(12)13/h11H,4-5,10H2,1-3H3,(H,12,13)/t9-/m0/s1. The second kappa shape index (κ2) is 4.59. The molecular formula is C9H17NO5. The average molecular weight is 219 g/mol. The fourth-order valence-electron chi connectivity index (χ4n) is 0.830. The number of hydrogen-bond donors (Lipinski definition) is 3. The third-order valence-electron chi connectivity index (χ3n) is 1.82. The molecule has 0 saturated heterocycles. The Labute approximate surface area is 88.0 Å². The number of esters is 1. The van der Waals surface area contributed by atoms with Crippen LogP contribution >= 0.6 is 0 Å². The quantitative estimate of drug-likeness (QED) is 0.428. The monoisotopic (exact) mass is 219 g/mol. The van der Waals surface area contributed by atoms with E-state index in [2.05, 4.69) is 0 Å². The number of carbonyl (C=O) groups is 2. The Morgan fingerprint density at radius 1 is 1.33 bits per heavy atom. The maximum absolute atomic E-state index is 11.5. The number of carbonyl (C=O) groups excluding carboxylic acids is 1. The van der Waals surface area contributed by atoms with Gasteiger partial charge in [0, 0.05) is 6.54 Å². The van der Waals surface area contributed by atoms with Crippen LogP contribution in [-0.4, -0.2) is 40.9 Å². The Morgan fingerprint density at radius 2 is 1.80 bits per heavy atom. The lowest BCUT2D eigenvalue weighted by atomic mass is 9.89. The first-order chi connectivity index (χ1) is 6.69. The van der Waals surface area contributed by atoms with Crippen molar-refractivity contribution < 1.29 is 24.5 Å². The van der Waals surface area contributed by atoms with Crippen molar-refractivity contribution in [2.24, 2.45) is 11.1 Å². The summed E-state index contributed by atoms with van der Waals surface area (Å²) in [6.45, 7) is 3.42. The zero-order valence-electron chi connectivity index (χ0n) is 9.11. The second-order valence-electron chi connectivity index (χ2n) is 4.25. The molecule has 0 aromatic heterocycles. The van der Waals surface area contributed by atoms with Crippen LogP contribution in [0.5, 0.6) is 0 Å². The first-order valence-corrected chi connectivity index (χ1v) is 4.47. The predicted molar refractivity (Wildman–Crippen MR) is 52.1 cm³/mol. The highest BCUT2D eigenvalue weighted by Gasteiger charge is 2.47. The first kappa shape index (κ1) is 13.9. The minimum atomic E-state index is -2.06. The smallest absolute Gasteiger partial charge is 0.327 e. The van der Waals surface area contributed by atoms with Gasteiger partial charge in [0.1, 0.15) is 5.60 Å². The van der Waals surface area contributed by atoms with Gasteiger partial charge in [-0.15, -0.1) is 0 Å². The van der Waals surface area contributed by atoms with Gasteiger partial charge in [-0.25, -0.2) is 0 Å². The van der Waals surface area contributed by atoms with Crippen LogP contribution in [-0.2, 0) is 14.3 Å². The number of ether oxygens (including phenoxy) is 1. The van der Waals surface area contributed by atoms with Crippen LogP contribution in [0.1, 0.15) is 20.8 Å². The van der Waals surface area contributed by atoms with Crippen molar-refractivity contribution in [3.8, 4) is 0 Å². The van der Waals surface area contributed by atoms with Crippen LogP contribution in [0.2, 0.25) is 0 Å². The highest BCUT2D eigenvalue weighted by Crippen LogP contribution is 2.21. The van der Waals surface area contributed by atoms with E-state index < -0.39 is 36.1 Å². The zero-order chi connectivity index (χ0) is 12.3. The van der Waals surface area contributed by atoms with Gasteiger partial charge in [0.2, 0.25) is 0 Å². The summed E-state index contributed by atoms with van der Waals surface area (Å²) in [5, 5.41) is 17.8. The van der Waals surface area contributed by atoms with E-state index in [0.29, 0.717) is 0 Å². The van der Waals surface area contributed by atoms with Gasteiger partial charge >= 0.3 is 11.9 Å². The summed E-state index contributed by atoms with van der Waals surface area (Å²) in [7, 11) is 0. The lowest BCUT2D eigenvalue weighted by Crippen LogP contribution is -2.51. The van der Waals surface area contributed by atoms with Crippen molar-refractivity contribution in [2.75, 3.05) is 13.2 Å². The normalized spacial score (nSPS) is 15.5. The van der Waals surface area contributed by atoms with Crippen LogP contribution in [0.3, 0.4) is 0 Å². The van der Waals surface area contributed by atoms with E-state index in [-0.39, 0.29) is 0 Å². The summed E-state index contributed by atoms with van der Waals surface area (Å²) in [5.74, 6) is -2.51.